The van der Waals surface area contributed by atoms with Gasteiger partial charge in [-0.05, 0) is 42.3 Å². The van der Waals surface area contributed by atoms with Crippen LogP contribution in [-0.2, 0) is 13.0 Å². The molecule has 0 radical (unpaired) electrons. The molecule has 0 aliphatic heterocycles. The summed E-state index contributed by atoms with van der Waals surface area (Å²) >= 11 is 0. The number of pyridine rings is 1. The Bertz CT molecular complexity index is 739. The fraction of sp³-hybridized carbons (Fsp3) is 0.368. The van der Waals surface area contributed by atoms with Crippen molar-refractivity contribution in [2.45, 2.75) is 39.2 Å². The van der Waals surface area contributed by atoms with Crippen LogP contribution in [0.4, 0.5) is 0 Å². The first-order valence-corrected chi connectivity index (χ1v) is 7.95. The number of nitrogens with zero attached hydrogens (tertiary/aromatic N) is 2. The molecule has 0 bridgehead atoms. The van der Waals surface area contributed by atoms with Gasteiger partial charge in [-0.25, -0.2) is 0 Å². The van der Waals surface area contributed by atoms with E-state index in [1.807, 2.05) is 30.3 Å². The number of methoxy groups -OCH3 is 1. The second kappa shape index (κ2) is 8.19. The number of hydrogen-bond donors (Lipinski definition) is 0. The van der Waals surface area contributed by atoms with Gasteiger partial charge >= 0.3 is 0 Å². The molecule has 0 spiro atoms. The monoisotopic (exact) mass is 310 g/mol. The average Bonchev–Trinajstić information content (AvgIpc) is 2.58. The van der Waals surface area contributed by atoms with Crippen molar-refractivity contribution in [3.63, 3.8) is 0 Å². The van der Waals surface area contributed by atoms with Gasteiger partial charge in [0.15, 0.2) is 0 Å². The molecule has 2 rings (SSSR count). The van der Waals surface area contributed by atoms with E-state index in [9.17, 15) is 4.79 Å². The lowest BCUT2D eigenvalue weighted by molar-refractivity contribution is 0.415. The summed E-state index contributed by atoms with van der Waals surface area (Å²) in [5, 5.41) is 8.88. The van der Waals surface area contributed by atoms with Gasteiger partial charge < -0.3 is 9.30 Å². The van der Waals surface area contributed by atoms with Crippen LogP contribution < -0.4 is 10.3 Å². The number of ether oxygens (including phenoxy) is 1. The molecule has 120 valence electrons. The minimum Gasteiger partial charge on any atom is -0.497 e. The summed E-state index contributed by atoms with van der Waals surface area (Å²) in [6.07, 6.45) is 3.28. The second-order valence-electron chi connectivity index (χ2n) is 5.47. The summed E-state index contributed by atoms with van der Waals surface area (Å²) in [6.45, 7) is 2.81. The first-order chi connectivity index (χ1) is 11.2. The zero-order chi connectivity index (χ0) is 16.7. The van der Waals surface area contributed by atoms with Crippen LogP contribution in [0.3, 0.4) is 0 Å². The summed E-state index contributed by atoms with van der Waals surface area (Å²) in [4.78, 5) is 12.7. The summed E-state index contributed by atoms with van der Waals surface area (Å²) in [5.41, 5.74) is 2.36. The Morgan fingerprint density at radius 1 is 1.13 bits per heavy atom. The molecule has 4 nitrogen and oxygen atoms in total. The number of aromatic nitrogens is 1. The van der Waals surface area contributed by atoms with E-state index in [2.05, 4.69) is 13.0 Å². The van der Waals surface area contributed by atoms with Crippen molar-refractivity contribution in [3.8, 4) is 23.1 Å². The molecule has 0 saturated carbocycles. The Labute approximate surface area is 137 Å². The molecule has 2 aromatic rings. The maximum atomic E-state index is 12.7. The third-order valence-corrected chi connectivity index (χ3v) is 3.89. The average molecular weight is 310 g/mol. The van der Waals surface area contributed by atoms with E-state index in [0.29, 0.717) is 12.1 Å². The molecule has 1 heterocycles. The largest absolute Gasteiger partial charge is 0.497 e. The molecule has 23 heavy (non-hydrogen) atoms. The van der Waals surface area contributed by atoms with Crippen LogP contribution in [-0.4, -0.2) is 11.7 Å². The van der Waals surface area contributed by atoms with Crippen molar-refractivity contribution in [2.75, 3.05) is 7.11 Å². The van der Waals surface area contributed by atoms with E-state index < -0.39 is 0 Å². The molecule has 4 heteroatoms. The summed E-state index contributed by atoms with van der Waals surface area (Å²) in [5.74, 6) is 0.787. The highest BCUT2D eigenvalue weighted by Gasteiger charge is 2.10. The lowest BCUT2D eigenvalue weighted by Gasteiger charge is -2.14. The molecule has 0 N–H and O–H groups in total. The molecule has 0 aliphatic rings. The molecular weight excluding hydrogens is 288 g/mol. The van der Waals surface area contributed by atoms with Crippen molar-refractivity contribution < 1.29 is 4.74 Å². The molecule has 0 aliphatic carbocycles. The van der Waals surface area contributed by atoms with Crippen molar-refractivity contribution in [2.24, 2.45) is 0 Å². The van der Waals surface area contributed by atoms with E-state index in [1.165, 1.54) is 0 Å². The van der Waals surface area contributed by atoms with Gasteiger partial charge in [0.05, 0.1) is 25.3 Å². The maximum Gasteiger partial charge on any atom is 0.255 e. The maximum absolute atomic E-state index is 12.7. The number of rotatable bonds is 7. The minimum absolute atomic E-state index is 0.0593. The van der Waals surface area contributed by atoms with Crippen molar-refractivity contribution in [1.82, 2.24) is 4.57 Å². The normalized spacial score (nSPS) is 10.3. The van der Waals surface area contributed by atoms with Gasteiger partial charge in [-0.3, -0.25) is 4.79 Å². The van der Waals surface area contributed by atoms with Crippen LogP contribution in [0.5, 0.6) is 5.75 Å². The highest BCUT2D eigenvalue weighted by Crippen LogP contribution is 2.22. The molecule has 0 fully saturated rings. The molecule has 0 saturated heterocycles. The summed E-state index contributed by atoms with van der Waals surface area (Å²) < 4.78 is 6.98. The van der Waals surface area contributed by atoms with Crippen LogP contribution in [0.25, 0.3) is 11.3 Å². The van der Waals surface area contributed by atoms with Gasteiger partial charge in [0.2, 0.25) is 0 Å². The first-order valence-electron chi connectivity index (χ1n) is 7.95. The molecule has 1 aromatic carbocycles. The Morgan fingerprint density at radius 2 is 1.87 bits per heavy atom. The highest BCUT2D eigenvalue weighted by molar-refractivity contribution is 5.61. The summed E-state index contributed by atoms with van der Waals surface area (Å²) in [7, 11) is 1.63. The Balaban J connectivity index is 2.45. The van der Waals surface area contributed by atoms with Gasteiger partial charge in [-0.1, -0.05) is 25.8 Å². The molecule has 0 unspecified atom stereocenters. The van der Waals surface area contributed by atoms with E-state index in [-0.39, 0.29) is 12.0 Å². The van der Waals surface area contributed by atoms with Gasteiger partial charge in [0.1, 0.15) is 5.75 Å². The predicted octanol–water partition coefficient (Wildman–Crippen LogP) is 3.78. The smallest absolute Gasteiger partial charge is 0.255 e. The lowest BCUT2D eigenvalue weighted by atomic mass is 10.1. The standard InChI is InChI=1S/C19H22N2O2/c1-3-4-5-14-21-18(11-8-16(12-13-20)19(21)22)15-6-9-17(23-2)10-7-15/h6-11H,3-5,12,14H2,1-2H3. The van der Waals surface area contributed by atoms with Crippen LogP contribution >= 0.6 is 0 Å². The second-order valence-corrected chi connectivity index (χ2v) is 5.47. The first kappa shape index (κ1) is 16.8. The minimum atomic E-state index is -0.0593. The van der Waals surface area contributed by atoms with Gasteiger partial charge in [-0.15, -0.1) is 0 Å². The number of unbranched alkanes of at least 4 members (excludes halogenated alkanes) is 2. The summed E-state index contributed by atoms with van der Waals surface area (Å²) in [6, 6.07) is 13.4. The van der Waals surface area contributed by atoms with Crippen LogP contribution in [0.1, 0.15) is 31.7 Å². The molecule has 0 amide bonds. The quantitative estimate of drug-likeness (QED) is 0.731. The Morgan fingerprint density at radius 3 is 2.48 bits per heavy atom. The lowest BCUT2D eigenvalue weighted by Crippen LogP contribution is -2.25. The third kappa shape index (κ3) is 4.01. The fourth-order valence-electron chi connectivity index (χ4n) is 2.60. The molecule has 0 atom stereocenters. The van der Waals surface area contributed by atoms with Gasteiger partial charge in [-0.2, -0.15) is 5.26 Å². The predicted molar refractivity (Wildman–Crippen MR) is 91.5 cm³/mol. The topological polar surface area (TPSA) is 55.0 Å². The zero-order valence-corrected chi connectivity index (χ0v) is 13.7. The Hall–Kier alpha value is -2.54. The van der Waals surface area contributed by atoms with Crippen molar-refractivity contribution in [1.29, 1.82) is 5.26 Å². The third-order valence-electron chi connectivity index (χ3n) is 3.89. The number of hydrogen-bond acceptors (Lipinski definition) is 3. The number of benzene rings is 1. The van der Waals surface area contributed by atoms with Crippen molar-refractivity contribution in [3.05, 3.63) is 52.3 Å². The van der Waals surface area contributed by atoms with Crippen LogP contribution in [0.2, 0.25) is 0 Å². The Kier molecular flexibility index (Phi) is 5.99. The van der Waals surface area contributed by atoms with E-state index in [1.54, 1.807) is 17.7 Å². The highest BCUT2D eigenvalue weighted by atomic mass is 16.5. The van der Waals surface area contributed by atoms with Gasteiger partial charge in [0, 0.05) is 12.1 Å². The van der Waals surface area contributed by atoms with Crippen LogP contribution in [0, 0.1) is 11.3 Å². The number of nitriles is 1. The molecular formula is C19H22N2O2. The van der Waals surface area contributed by atoms with E-state index >= 15 is 0 Å². The van der Waals surface area contributed by atoms with Crippen LogP contribution in [0.15, 0.2) is 41.2 Å². The molecule has 1 aromatic heterocycles. The van der Waals surface area contributed by atoms with E-state index in [4.69, 9.17) is 10.00 Å². The van der Waals surface area contributed by atoms with Gasteiger partial charge in [0.25, 0.3) is 5.56 Å². The zero-order valence-electron chi connectivity index (χ0n) is 13.7. The fourth-order valence-corrected chi connectivity index (χ4v) is 2.60. The van der Waals surface area contributed by atoms with E-state index in [0.717, 1.165) is 36.3 Å². The van der Waals surface area contributed by atoms with Crippen molar-refractivity contribution >= 4 is 0 Å². The SMILES string of the molecule is CCCCCn1c(-c2ccc(OC)cc2)ccc(CC#N)c1=O.